The SMILES string of the molecule is CCCCS(=O)(=O)N1C[C@@H]2C[C@@H](C(=O)N3CCN(C)CC3)[C@H](C1)O2. The Hall–Kier alpha value is -0.700. The fraction of sp³-hybridized carbons (Fsp3) is 0.938. The van der Waals surface area contributed by atoms with Gasteiger partial charge in [-0.2, -0.15) is 4.31 Å². The van der Waals surface area contributed by atoms with Crippen molar-refractivity contribution in [3.05, 3.63) is 0 Å². The number of hydrogen-bond donors (Lipinski definition) is 0. The first-order valence-corrected chi connectivity index (χ1v) is 10.6. The number of ether oxygens (including phenoxy) is 1. The lowest BCUT2D eigenvalue weighted by atomic mass is 9.98. The first-order valence-electron chi connectivity index (χ1n) is 9.01. The van der Waals surface area contributed by atoms with Gasteiger partial charge in [0.25, 0.3) is 0 Å². The predicted molar refractivity (Wildman–Crippen MR) is 91.1 cm³/mol. The van der Waals surface area contributed by atoms with Gasteiger partial charge < -0.3 is 14.5 Å². The maximum absolute atomic E-state index is 12.8. The Bertz CT molecular complexity index is 560. The lowest BCUT2D eigenvalue weighted by molar-refractivity contribution is -0.139. The van der Waals surface area contributed by atoms with E-state index >= 15 is 0 Å². The number of rotatable bonds is 5. The van der Waals surface area contributed by atoms with Crippen LogP contribution in [-0.4, -0.2) is 92.7 Å². The molecule has 0 aromatic rings. The molecule has 138 valence electrons. The molecule has 3 saturated heterocycles. The Morgan fingerprint density at radius 2 is 1.88 bits per heavy atom. The third-order valence-corrected chi connectivity index (χ3v) is 7.29. The van der Waals surface area contributed by atoms with Crippen LogP contribution in [0.4, 0.5) is 0 Å². The quantitative estimate of drug-likeness (QED) is 0.690. The summed E-state index contributed by atoms with van der Waals surface area (Å²) < 4.78 is 32.4. The number of piperazine rings is 1. The van der Waals surface area contributed by atoms with Gasteiger partial charge in [-0.3, -0.25) is 4.79 Å². The molecule has 0 radical (unpaired) electrons. The average Bonchev–Trinajstić information content (AvgIpc) is 2.87. The zero-order valence-electron chi connectivity index (χ0n) is 14.7. The number of unbranched alkanes of at least 4 members (excludes halogenated alkanes) is 1. The van der Waals surface area contributed by atoms with Crippen molar-refractivity contribution in [1.29, 1.82) is 0 Å². The second-order valence-corrected chi connectivity index (χ2v) is 9.34. The van der Waals surface area contributed by atoms with Gasteiger partial charge >= 0.3 is 0 Å². The van der Waals surface area contributed by atoms with Crippen molar-refractivity contribution in [3.63, 3.8) is 0 Å². The average molecular weight is 359 g/mol. The number of nitrogens with zero attached hydrogens (tertiary/aromatic N) is 3. The van der Waals surface area contributed by atoms with Crippen molar-refractivity contribution < 1.29 is 17.9 Å². The largest absolute Gasteiger partial charge is 0.371 e. The maximum Gasteiger partial charge on any atom is 0.228 e. The van der Waals surface area contributed by atoms with Gasteiger partial charge in [-0.15, -0.1) is 0 Å². The molecule has 3 rings (SSSR count). The molecule has 7 nitrogen and oxygen atoms in total. The molecule has 8 heteroatoms. The van der Waals surface area contributed by atoms with E-state index in [4.69, 9.17) is 4.74 Å². The second kappa shape index (κ2) is 7.27. The lowest BCUT2D eigenvalue weighted by Crippen LogP contribution is -2.52. The van der Waals surface area contributed by atoms with Crippen molar-refractivity contribution in [3.8, 4) is 0 Å². The van der Waals surface area contributed by atoms with E-state index in [0.29, 0.717) is 25.9 Å². The van der Waals surface area contributed by atoms with Crippen LogP contribution in [-0.2, 0) is 19.6 Å². The predicted octanol–water partition coefficient (Wildman–Crippen LogP) is -0.0204. The van der Waals surface area contributed by atoms with Crippen molar-refractivity contribution in [1.82, 2.24) is 14.1 Å². The molecule has 3 heterocycles. The van der Waals surface area contributed by atoms with E-state index < -0.39 is 10.0 Å². The highest BCUT2D eigenvalue weighted by atomic mass is 32.2. The molecule has 24 heavy (non-hydrogen) atoms. The number of carbonyl (C=O) groups excluding carboxylic acids is 1. The van der Waals surface area contributed by atoms with E-state index in [0.717, 1.165) is 32.6 Å². The molecule has 3 atom stereocenters. The van der Waals surface area contributed by atoms with Crippen molar-refractivity contribution in [2.45, 2.75) is 38.4 Å². The molecule has 0 spiro atoms. The standard InChI is InChI=1S/C16H29N3O4S/c1-3-4-9-24(21,22)19-11-13-10-14(15(12-19)23-13)16(20)18-7-5-17(2)6-8-18/h13-15H,3-12H2,1-2H3/t13-,14+,15-/m0/s1. The minimum Gasteiger partial charge on any atom is -0.371 e. The summed E-state index contributed by atoms with van der Waals surface area (Å²) in [4.78, 5) is 17.0. The Balaban J connectivity index is 1.63. The first-order chi connectivity index (χ1) is 11.4. The molecule has 0 unspecified atom stereocenters. The topological polar surface area (TPSA) is 70.2 Å². The van der Waals surface area contributed by atoms with E-state index in [1.165, 1.54) is 0 Å². The molecule has 3 fully saturated rings. The van der Waals surface area contributed by atoms with Gasteiger partial charge in [0.2, 0.25) is 15.9 Å². The van der Waals surface area contributed by atoms with Gasteiger partial charge in [-0.05, 0) is 19.9 Å². The molecule has 0 saturated carbocycles. The Labute approximate surface area is 145 Å². The lowest BCUT2D eigenvalue weighted by Gasteiger charge is -2.35. The van der Waals surface area contributed by atoms with Gasteiger partial charge in [-0.1, -0.05) is 13.3 Å². The highest BCUT2D eigenvalue weighted by molar-refractivity contribution is 7.89. The van der Waals surface area contributed by atoms with Gasteiger partial charge in [-0.25, -0.2) is 8.42 Å². The molecule has 3 aliphatic rings. The van der Waals surface area contributed by atoms with E-state index in [1.807, 2.05) is 11.8 Å². The van der Waals surface area contributed by atoms with E-state index in [2.05, 4.69) is 11.9 Å². The zero-order valence-corrected chi connectivity index (χ0v) is 15.5. The number of fused-ring (bicyclic) bond motifs is 2. The van der Waals surface area contributed by atoms with Crippen LogP contribution < -0.4 is 0 Å². The normalized spacial score (nSPS) is 32.2. The summed E-state index contributed by atoms with van der Waals surface area (Å²) in [5.41, 5.74) is 0. The Morgan fingerprint density at radius 1 is 1.17 bits per heavy atom. The number of sulfonamides is 1. The minimum atomic E-state index is -3.23. The highest BCUT2D eigenvalue weighted by Crippen LogP contribution is 2.34. The number of likely N-dealkylation sites (N-methyl/N-ethyl adjacent to an activating group) is 1. The number of hydrogen-bond acceptors (Lipinski definition) is 5. The summed E-state index contributed by atoms with van der Waals surface area (Å²) in [6.07, 6.45) is 1.77. The van der Waals surface area contributed by atoms with Crippen LogP contribution in [0.5, 0.6) is 0 Å². The smallest absolute Gasteiger partial charge is 0.228 e. The van der Waals surface area contributed by atoms with Gasteiger partial charge in [0.05, 0.1) is 23.9 Å². The molecular weight excluding hydrogens is 330 g/mol. The molecule has 0 aromatic carbocycles. The third-order valence-electron chi connectivity index (χ3n) is 5.41. The minimum absolute atomic E-state index is 0.137. The second-order valence-electron chi connectivity index (χ2n) is 7.25. The summed E-state index contributed by atoms with van der Waals surface area (Å²) >= 11 is 0. The molecule has 0 aromatic heterocycles. The van der Waals surface area contributed by atoms with Gasteiger partial charge in [0.1, 0.15) is 0 Å². The molecule has 3 aliphatic heterocycles. The summed E-state index contributed by atoms with van der Waals surface area (Å²) in [7, 11) is -1.17. The highest BCUT2D eigenvalue weighted by Gasteiger charge is 2.48. The molecule has 0 N–H and O–H groups in total. The van der Waals surface area contributed by atoms with Crippen molar-refractivity contribution in [2.75, 3.05) is 52.1 Å². The Kier molecular flexibility index (Phi) is 5.48. The number of amides is 1. The van der Waals surface area contributed by atoms with E-state index in [1.54, 1.807) is 4.31 Å². The third kappa shape index (κ3) is 3.76. The zero-order chi connectivity index (χ0) is 17.3. The summed E-state index contributed by atoms with van der Waals surface area (Å²) in [5.74, 6) is 0.146. The number of morpholine rings is 1. The summed E-state index contributed by atoms with van der Waals surface area (Å²) in [6.45, 7) is 6.00. The van der Waals surface area contributed by atoms with Crippen LogP contribution in [0.15, 0.2) is 0 Å². The molecule has 1 amide bonds. The first kappa shape index (κ1) is 18.1. The van der Waals surface area contributed by atoms with E-state index in [9.17, 15) is 13.2 Å². The van der Waals surface area contributed by atoms with E-state index in [-0.39, 0.29) is 29.8 Å². The van der Waals surface area contributed by atoms with Crippen LogP contribution >= 0.6 is 0 Å². The summed E-state index contributed by atoms with van der Waals surface area (Å²) in [5, 5.41) is 0. The van der Waals surface area contributed by atoms with Gasteiger partial charge in [0.15, 0.2) is 0 Å². The fourth-order valence-corrected chi connectivity index (χ4v) is 5.51. The van der Waals surface area contributed by atoms with Gasteiger partial charge in [0, 0.05) is 39.3 Å². The van der Waals surface area contributed by atoms with Crippen LogP contribution in [0.25, 0.3) is 0 Å². The monoisotopic (exact) mass is 359 g/mol. The van der Waals surface area contributed by atoms with Crippen molar-refractivity contribution >= 4 is 15.9 Å². The number of carbonyl (C=O) groups is 1. The maximum atomic E-state index is 12.8. The van der Waals surface area contributed by atoms with Crippen LogP contribution in [0.1, 0.15) is 26.2 Å². The Morgan fingerprint density at radius 3 is 2.54 bits per heavy atom. The van der Waals surface area contributed by atoms with Crippen LogP contribution in [0.2, 0.25) is 0 Å². The van der Waals surface area contributed by atoms with Crippen LogP contribution in [0.3, 0.4) is 0 Å². The van der Waals surface area contributed by atoms with Crippen LogP contribution in [0, 0.1) is 5.92 Å². The fourth-order valence-electron chi connectivity index (χ4n) is 3.83. The summed E-state index contributed by atoms with van der Waals surface area (Å²) in [6, 6.07) is 0. The van der Waals surface area contributed by atoms with Crippen molar-refractivity contribution in [2.24, 2.45) is 5.92 Å². The molecular formula is C16H29N3O4S. The molecule has 0 aliphatic carbocycles. The molecule has 2 bridgehead atoms.